The van der Waals surface area contributed by atoms with Crippen LogP contribution >= 0.6 is 11.6 Å². The van der Waals surface area contributed by atoms with Crippen LogP contribution in [0.15, 0.2) is 18.2 Å². The molecule has 3 nitrogen and oxygen atoms in total. The van der Waals surface area contributed by atoms with Crippen LogP contribution in [0.1, 0.15) is 5.56 Å². The summed E-state index contributed by atoms with van der Waals surface area (Å²) in [4.78, 5) is 0. The molecule has 1 rings (SSSR count). The Hall–Kier alpha value is -1.09. The number of halogens is 2. The molecule has 1 aromatic rings. The van der Waals surface area contributed by atoms with E-state index in [-0.39, 0.29) is 6.54 Å². The summed E-state index contributed by atoms with van der Waals surface area (Å²) in [5, 5.41) is 0.327. The highest BCUT2D eigenvalue weighted by Gasteiger charge is 1.99. The van der Waals surface area contributed by atoms with Gasteiger partial charge in [-0.2, -0.15) is 0 Å². The molecule has 1 N–H and O–H groups in total. The van der Waals surface area contributed by atoms with Crippen LogP contribution in [0.3, 0.4) is 0 Å². The van der Waals surface area contributed by atoms with E-state index in [1.807, 2.05) is 0 Å². The third kappa shape index (κ3) is 4.62. The lowest BCUT2D eigenvalue weighted by Crippen LogP contribution is -2.21. The van der Waals surface area contributed by atoms with Crippen molar-refractivity contribution in [3.05, 3.63) is 34.6 Å². The van der Waals surface area contributed by atoms with E-state index in [0.29, 0.717) is 10.6 Å². The van der Waals surface area contributed by atoms with Crippen molar-refractivity contribution in [2.24, 2.45) is 0 Å². The topological polar surface area (TPSA) is 46.2 Å². The lowest BCUT2D eigenvalue weighted by Gasteiger charge is -1.96. The Balaban J connectivity index is 2.74. The highest BCUT2D eigenvalue weighted by Crippen LogP contribution is 2.15. The predicted octanol–water partition coefficient (Wildman–Crippen LogP) is 1.38. The van der Waals surface area contributed by atoms with Crippen molar-refractivity contribution in [1.29, 1.82) is 0 Å². The lowest BCUT2D eigenvalue weighted by atomic mass is 10.2. The van der Waals surface area contributed by atoms with Crippen molar-refractivity contribution in [2.75, 3.05) is 12.8 Å². The molecule has 1 aromatic carbocycles. The molecule has 6 heteroatoms. The van der Waals surface area contributed by atoms with Gasteiger partial charge in [-0.15, -0.1) is 0 Å². The van der Waals surface area contributed by atoms with Crippen LogP contribution < -0.4 is 4.72 Å². The van der Waals surface area contributed by atoms with Crippen molar-refractivity contribution in [1.82, 2.24) is 4.72 Å². The molecule has 16 heavy (non-hydrogen) atoms. The van der Waals surface area contributed by atoms with Crippen LogP contribution in [0.25, 0.3) is 0 Å². The van der Waals surface area contributed by atoms with Crippen LogP contribution in [-0.2, 0) is 10.0 Å². The Morgan fingerprint density at radius 1 is 1.50 bits per heavy atom. The predicted molar refractivity (Wildman–Crippen MR) is 61.1 cm³/mol. The Kier molecular flexibility index (Phi) is 4.30. The van der Waals surface area contributed by atoms with E-state index < -0.39 is 15.8 Å². The number of hydrogen-bond donors (Lipinski definition) is 1. The second kappa shape index (κ2) is 5.30. The molecule has 86 valence electrons. The van der Waals surface area contributed by atoms with Crippen molar-refractivity contribution in [3.63, 3.8) is 0 Å². The fraction of sp³-hybridized carbons (Fsp3) is 0.200. The van der Waals surface area contributed by atoms with E-state index in [1.165, 1.54) is 18.2 Å². The van der Waals surface area contributed by atoms with Gasteiger partial charge < -0.3 is 0 Å². The molecule has 0 saturated carbocycles. The summed E-state index contributed by atoms with van der Waals surface area (Å²) in [7, 11) is -3.26. The molecule has 0 amide bonds. The van der Waals surface area contributed by atoms with Gasteiger partial charge in [-0.25, -0.2) is 17.5 Å². The maximum absolute atomic E-state index is 12.8. The van der Waals surface area contributed by atoms with Crippen molar-refractivity contribution in [3.8, 4) is 11.8 Å². The maximum Gasteiger partial charge on any atom is 0.209 e. The minimum absolute atomic E-state index is 0.0360. The van der Waals surface area contributed by atoms with Crippen molar-refractivity contribution >= 4 is 21.6 Å². The number of hydrogen-bond acceptors (Lipinski definition) is 2. The molecule has 0 atom stereocenters. The Labute approximate surface area is 98.7 Å². The average molecular weight is 262 g/mol. The van der Waals surface area contributed by atoms with Crippen LogP contribution in [-0.4, -0.2) is 21.2 Å². The quantitative estimate of drug-likeness (QED) is 0.818. The highest BCUT2D eigenvalue weighted by atomic mass is 35.5. The van der Waals surface area contributed by atoms with Gasteiger partial charge in [0.25, 0.3) is 0 Å². The standard InChI is InChI=1S/C10H9ClFNO2S/c1-16(14,15)13-6-2-3-8-7-9(12)4-5-10(8)11/h4-5,7,13H,6H2,1H3. The average Bonchev–Trinajstić information content (AvgIpc) is 2.16. The minimum Gasteiger partial charge on any atom is -0.213 e. The maximum atomic E-state index is 12.8. The molecule has 0 heterocycles. The molecule has 0 spiro atoms. The molecule has 0 aromatic heterocycles. The molecule has 0 aliphatic rings. The SMILES string of the molecule is CS(=O)(=O)NCC#Cc1cc(F)ccc1Cl. The summed E-state index contributed by atoms with van der Waals surface area (Å²) in [5.74, 6) is 4.67. The summed E-state index contributed by atoms with van der Waals surface area (Å²) < 4.78 is 36.4. The van der Waals surface area contributed by atoms with Crippen molar-refractivity contribution < 1.29 is 12.8 Å². The third-order valence-electron chi connectivity index (χ3n) is 1.57. The molecule has 0 fully saturated rings. The second-order valence-electron chi connectivity index (χ2n) is 3.02. The van der Waals surface area contributed by atoms with E-state index in [9.17, 15) is 12.8 Å². The van der Waals surface area contributed by atoms with Gasteiger partial charge in [-0.1, -0.05) is 23.4 Å². The zero-order chi connectivity index (χ0) is 12.2. The number of benzene rings is 1. The van der Waals surface area contributed by atoms with Crippen LogP contribution in [0.2, 0.25) is 5.02 Å². The molecular formula is C10H9ClFNO2S. The third-order valence-corrected chi connectivity index (χ3v) is 2.57. The van der Waals surface area contributed by atoms with Crippen LogP contribution in [0.5, 0.6) is 0 Å². The van der Waals surface area contributed by atoms with Gasteiger partial charge in [-0.3, -0.25) is 0 Å². The van der Waals surface area contributed by atoms with Gasteiger partial charge >= 0.3 is 0 Å². The van der Waals surface area contributed by atoms with E-state index >= 15 is 0 Å². The van der Waals surface area contributed by atoms with E-state index in [4.69, 9.17) is 11.6 Å². The van der Waals surface area contributed by atoms with Crippen LogP contribution in [0.4, 0.5) is 4.39 Å². The van der Waals surface area contributed by atoms with Gasteiger partial charge in [0.05, 0.1) is 17.8 Å². The zero-order valence-electron chi connectivity index (χ0n) is 8.42. The molecule has 0 bridgehead atoms. The van der Waals surface area contributed by atoms with Crippen molar-refractivity contribution in [2.45, 2.75) is 0 Å². The van der Waals surface area contributed by atoms with Crippen LogP contribution in [0, 0.1) is 17.7 Å². The Morgan fingerprint density at radius 2 is 2.19 bits per heavy atom. The first kappa shape index (κ1) is 13.0. The monoisotopic (exact) mass is 261 g/mol. The van der Waals surface area contributed by atoms with E-state index in [0.717, 1.165) is 6.26 Å². The largest absolute Gasteiger partial charge is 0.213 e. The minimum atomic E-state index is -3.26. The molecule has 0 radical (unpaired) electrons. The van der Waals surface area contributed by atoms with Gasteiger partial charge in [-0.05, 0) is 18.2 Å². The molecule has 0 aliphatic carbocycles. The summed E-state index contributed by atoms with van der Waals surface area (Å²) in [6.07, 6.45) is 1.03. The fourth-order valence-corrected chi connectivity index (χ4v) is 1.40. The summed E-state index contributed by atoms with van der Waals surface area (Å²) in [6.45, 7) is -0.0360. The first-order valence-electron chi connectivity index (χ1n) is 4.27. The van der Waals surface area contributed by atoms with Gasteiger partial charge in [0.15, 0.2) is 0 Å². The van der Waals surface area contributed by atoms with Gasteiger partial charge in [0.1, 0.15) is 5.82 Å². The van der Waals surface area contributed by atoms with Gasteiger partial charge in [0, 0.05) is 5.56 Å². The number of sulfonamides is 1. The summed E-state index contributed by atoms with van der Waals surface area (Å²) >= 11 is 5.76. The summed E-state index contributed by atoms with van der Waals surface area (Å²) in [6, 6.07) is 3.81. The molecular weight excluding hydrogens is 253 g/mol. The normalized spacial score (nSPS) is 10.7. The first-order valence-corrected chi connectivity index (χ1v) is 6.54. The molecule has 0 aliphatic heterocycles. The lowest BCUT2D eigenvalue weighted by molar-refractivity contribution is 0.592. The van der Waals surface area contributed by atoms with Gasteiger partial charge in [0.2, 0.25) is 10.0 Å². The smallest absolute Gasteiger partial charge is 0.209 e. The second-order valence-corrected chi connectivity index (χ2v) is 5.26. The zero-order valence-corrected chi connectivity index (χ0v) is 9.99. The number of nitrogens with one attached hydrogen (secondary N) is 1. The molecule has 0 unspecified atom stereocenters. The number of rotatable bonds is 2. The first-order chi connectivity index (χ1) is 7.38. The Bertz CT molecular complexity index is 546. The highest BCUT2D eigenvalue weighted by molar-refractivity contribution is 7.88. The fourth-order valence-electron chi connectivity index (χ4n) is 0.900. The summed E-state index contributed by atoms with van der Waals surface area (Å²) in [5.41, 5.74) is 0.331. The van der Waals surface area contributed by atoms with E-state index in [1.54, 1.807) is 0 Å². The van der Waals surface area contributed by atoms with E-state index in [2.05, 4.69) is 16.6 Å². The Morgan fingerprint density at radius 3 is 2.81 bits per heavy atom. The molecule has 0 saturated heterocycles.